The Bertz CT molecular complexity index is 1030. The lowest BCUT2D eigenvalue weighted by Crippen LogP contribution is -2.16. The number of hydrogen-bond acceptors (Lipinski definition) is 3. The van der Waals surface area contributed by atoms with Crippen molar-refractivity contribution in [2.24, 2.45) is 0 Å². The van der Waals surface area contributed by atoms with E-state index in [0.717, 1.165) is 35.5 Å². The van der Waals surface area contributed by atoms with Gasteiger partial charge in [-0.25, -0.2) is 9.07 Å². The predicted molar refractivity (Wildman–Crippen MR) is 97.9 cm³/mol. The number of anilines is 1. The van der Waals surface area contributed by atoms with Crippen molar-refractivity contribution >= 4 is 23.5 Å². The number of carbonyl (C=O) groups excluding carboxylic acids is 1. The Morgan fingerprint density at radius 1 is 1.04 bits per heavy atom. The SMILES string of the molecule is O=C(Nc1c2c(nn1-c1ccc(F)cc1)CSC2)c1ccc(C(F)(F)F)cc1. The van der Waals surface area contributed by atoms with Crippen LogP contribution in [0, 0.1) is 5.82 Å². The van der Waals surface area contributed by atoms with Gasteiger partial charge in [-0.1, -0.05) is 0 Å². The summed E-state index contributed by atoms with van der Waals surface area (Å²) in [4.78, 5) is 12.6. The second-order valence-electron chi connectivity index (χ2n) is 6.18. The molecule has 0 saturated carbocycles. The van der Waals surface area contributed by atoms with E-state index in [1.165, 1.54) is 16.8 Å². The highest BCUT2D eigenvalue weighted by atomic mass is 32.2. The molecule has 0 unspecified atom stereocenters. The first-order valence-electron chi connectivity index (χ1n) is 8.26. The molecule has 28 heavy (non-hydrogen) atoms. The average molecular weight is 407 g/mol. The van der Waals surface area contributed by atoms with Crippen LogP contribution in [-0.4, -0.2) is 15.7 Å². The van der Waals surface area contributed by atoms with Crippen molar-refractivity contribution in [1.82, 2.24) is 9.78 Å². The smallest absolute Gasteiger partial charge is 0.306 e. The zero-order valence-electron chi connectivity index (χ0n) is 14.3. The van der Waals surface area contributed by atoms with Gasteiger partial charge in [0.25, 0.3) is 5.91 Å². The third-order valence-electron chi connectivity index (χ3n) is 4.33. The number of halogens is 4. The fourth-order valence-electron chi connectivity index (χ4n) is 2.90. The fraction of sp³-hybridized carbons (Fsp3) is 0.158. The molecule has 0 radical (unpaired) electrons. The van der Waals surface area contributed by atoms with E-state index in [9.17, 15) is 22.4 Å². The van der Waals surface area contributed by atoms with Gasteiger partial charge in [0.05, 0.1) is 16.9 Å². The molecule has 3 aromatic rings. The number of rotatable bonds is 3. The number of alkyl halides is 3. The van der Waals surface area contributed by atoms with Gasteiger partial charge in [0.2, 0.25) is 0 Å². The molecular formula is C19H13F4N3OS. The van der Waals surface area contributed by atoms with E-state index in [-0.39, 0.29) is 5.56 Å². The van der Waals surface area contributed by atoms with Crippen LogP contribution < -0.4 is 5.32 Å². The van der Waals surface area contributed by atoms with E-state index in [1.54, 1.807) is 23.9 Å². The maximum absolute atomic E-state index is 13.2. The molecule has 0 aliphatic carbocycles. The molecule has 1 amide bonds. The number of nitrogens with zero attached hydrogens (tertiary/aromatic N) is 2. The molecule has 144 valence electrons. The zero-order valence-corrected chi connectivity index (χ0v) is 15.1. The zero-order chi connectivity index (χ0) is 19.9. The van der Waals surface area contributed by atoms with Crippen LogP contribution in [-0.2, 0) is 17.7 Å². The first kappa shape index (κ1) is 18.5. The summed E-state index contributed by atoms with van der Waals surface area (Å²) in [5.41, 5.74) is 1.52. The van der Waals surface area contributed by atoms with Gasteiger partial charge in [0, 0.05) is 22.6 Å². The van der Waals surface area contributed by atoms with Crippen LogP contribution in [0.15, 0.2) is 48.5 Å². The predicted octanol–water partition coefficient (Wildman–Crippen LogP) is 5.03. The van der Waals surface area contributed by atoms with Crippen molar-refractivity contribution in [2.75, 3.05) is 5.32 Å². The van der Waals surface area contributed by atoms with Gasteiger partial charge in [-0.05, 0) is 48.5 Å². The Hall–Kier alpha value is -2.81. The third kappa shape index (κ3) is 3.49. The van der Waals surface area contributed by atoms with E-state index in [0.29, 0.717) is 23.0 Å². The summed E-state index contributed by atoms with van der Waals surface area (Å²) in [5, 5.41) is 7.25. The molecule has 0 atom stereocenters. The molecule has 0 saturated heterocycles. The van der Waals surface area contributed by atoms with Crippen LogP contribution in [0.1, 0.15) is 27.2 Å². The number of thioether (sulfide) groups is 1. The van der Waals surface area contributed by atoms with Crippen LogP contribution in [0.4, 0.5) is 23.4 Å². The molecule has 1 N–H and O–H groups in total. The number of aromatic nitrogens is 2. The summed E-state index contributed by atoms with van der Waals surface area (Å²) in [6.07, 6.45) is -4.46. The fourth-order valence-corrected chi connectivity index (χ4v) is 3.94. The summed E-state index contributed by atoms with van der Waals surface area (Å²) < 4.78 is 52.9. The van der Waals surface area contributed by atoms with E-state index in [2.05, 4.69) is 10.4 Å². The first-order chi connectivity index (χ1) is 13.3. The number of hydrogen-bond donors (Lipinski definition) is 1. The molecule has 0 fully saturated rings. The molecule has 0 spiro atoms. The van der Waals surface area contributed by atoms with Crippen molar-refractivity contribution in [1.29, 1.82) is 0 Å². The summed E-state index contributed by atoms with van der Waals surface area (Å²) >= 11 is 1.65. The first-order valence-corrected chi connectivity index (χ1v) is 9.41. The standard InChI is InChI=1S/C19H13F4N3OS/c20-13-5-7-14(8-6-13)26-17(15-9-28-10-16(15)25-26)24-18(27)11-1-3-12(4-2-11)19(21,22)23/h1-8H,9-10H2,(H,24,27). The van der Waals surface area contributed by atoms with Crippen LogP contribution in [0.3, 0.4) is 0 Å². The molecule has 0 bridgehead atoms. The number of benzene rings is 2. The second kappa shape index (κ2) is 6.97. The number of nitrogens with one attached hydrogen (secondary N) is 1. The normalized spacial score (nSPS) is 13.4. The topological polar surface area (TPSA) is 46.9 Å². The van der Waals surface area contributed by atoms with Gasteiger partial charge < -0.3 is 5.32 Å². The highest BCUT2D eigenvalue weighted by Gasteiger charge is 2.30. The van der Waals surface area contributed by atoms with Crippen molar-refractivity contribution in [2.45, 2.75) is 17.7 Å². The van der Waals surface area contributed by atoms with Crippen LogP contribution in [0.25, 0.3) is 5.69 Å². The highest BCUT2D eigenvalue weighted by Crippen LogP contribution is 2.36. The van der Waals surface area contributed by atoms with Gasteiger partial charge in [-0.3, -0.25) is 4.79 Å². The number of fused-ring (bicyclic) bond motifs is 1. The van der Waals surface area contributed by atoms with Gasteiger partial charge in [-0.15, -0.1) is 0 Å². The quantitative estimate of drug-likeness (QED) is 0.620. The second-order valence-corrected chi connectivity index (χ2v) is 7.17. The number of carbonyl (C=O) groups is 1. The van der Waals surface area contributed by atoms with Gasteiger partial charge in [0.15, 0.2) is 0 Å². The Morgan fingerprint density at radius 2 is 1.71 bits per heavy atom. The van der Waals surface area contributed by atoms with E-state index in [4.69, 9.17) is 0 Å². The minimum atomic E-state index is -4.46. The Kier molecular flexibility index (Phi) is 4.62. The molecule has 4 rings (SSSR count). The average Bonchev–Trinajstić information content (AvgIpc) is 3.24. The Balaban J connectivity index is 1.66. The lowest BCUT2D eigenvalue weighted by molar-refractivity contribution is -0.137. The third-order valence-corrected chi connectivity index (χ3v) is 5.30. The van der Waals surface area contributed by atoms with Crippen molar-refractivity contribution in [3.63, 3.8) is 0 Å². The van der Waals surface area contributed by atoms with E-state index in [1.807, 2.05) is 0 Å². The molecule has 2 heterocycles. The van der Waals surface area contributed by atoms with Crippen molar-refractivity contribution in [3.05, 3.63) is 76.7 Å². The summed E-state index contributed by atoms with van der Waals surface area (Å²) in [5.74, 6) is 0.841. The van der Waals surface area contributed by atoms with Crippen molar-refractivity contribution in [3.8, 4) is 5.69 Å². The molecule has 2 aromatic carbocycles. The minimum Gasteiger partial charge on any atom is -0.306 e. The van der Waals surface area contributed by atoms with E-state index >= 15 is 0 Å². The maximum Gasteiger partial charge on any atom is 0.416 e. The lowest BCUT2D eigenvalue weighted by Gasteiger charge is -2.12. The van der Waals surface area contributed by atoms with Crippen LogP contribution >= 0.6 is 11.8 Å². The summed E-state index contributed by atoms with van der Waals surface area (Å²) in [6.45, 7) is 0. The molecule has 9 heteroatoms. The largest absolute Gasteiger partial charge is 0.416 e. The van der Waals surface area contributed by atoms with Crippen LogP contribution in [0.2, 0.25) is 0 Å². The molecule has 4 nitrogen and oxygen atoms in total. The number of amides is 1. The summed E-state index contributed by atoms with van der Waals surface area (Å²) in [6, 6.07) is 9.66. The van der Waals surface area contributed by atoms with Crippen molar-refractivity contribution < 1.29 is 22.4 Å². The Morgan fingerprint density at radius 3 is 2.36 bits per heavy atom. The highest BCUT2D eigenvalue weighted by molar-refractivity contribution is 7.98. The molecule has 1 aliphatic heterocycles. The van der Waals surface area contributed by atoms with E-state index < -0.39 is 23.5 Å². The minimum absolute atomic E-state index is 0.0965. The lowest BCUT2D eigenvalue weighted by atomic mass is 10.1. The molecule has 1 aliphatic rings. The molecular weight excluding hydrogens is 394 g/mol. The van der Waals surface area contributed by atoms with Crippen LogP contribution in [0.5, 0.6) is 0 Å². The Labute approximate surface area is 161 Å². The van der Waals surface area contributed by atoms with Gasteiger partial charge >= 0.3 is 6.18 Å². The molecule has 1 aromatic heterocycles. The maximum atomic E-state index is 13.2. The van der Waals surface area contributed by atoms with Gasteiger partial charge in [-0.2, -0.15) is 30.0 Å². The summed E-state index contributed by atoms with van der Waals surface area (Å²) in [7, 11) is 0. The van der Waals surface area contributed by atoms with Gasteiger partial charge in [0.1, 0.15) is 11.6 Å². The monoisotopic (exact) mass is 407 g/mol.